The third kappa shape index (κ3) is 3.58. The maximum atomic E-state index is 12.8. The minimum absolute atomic E-state index is 0.742. The fourth-order valence-corrected chi connectivity index (χ4v) is 2.93. The number of benzene rings is 2. The summed E-state index contributed by atoms with van der Waals surface area (Å²) in [4.78, 5) is 0. The molecule has 0 amide bonds. The van der Waals surface area contributed by atoms with Crippen LogP contribution in [-0.2, 0) is 4.57 Å². The van der Waals surface area contributed by atoms with Crippen molar-refractivity contribution in [2.24, 2.45) is 5.84 Å². The van der Waals surface area contributed by atoms with Gasteiger partial charge in [0.25, 0.3) is 0 Å². The Morgan fingerprint density at radius 1 is 0.895 bits per heavy atom. The van der Waals surface area contributed by atoms with Gasteiger partial charge in [0.1, 0.15) is 0 Å². The summed E-state index contributed by atoms with van der Waals surface area (Å²) < 4.78 is 14.0. The van der Waals surface area contributed by atoms with Crippen LogP contribution in [0.1, 0.15) is 0 Å². The second-order valence-electron chi connectivity index (χ2n) is 4.11. The number of hydrogen-bond acceptors (Lipinski definition) is 2. The Bertz CT molecular complexity index is 514. The molecule has 0 radical (unpaired) electrons. The zero-order chi connectivity index (χ0) is 13.7. The molecule has 2 rings (SSSR count). The first kappa shape index (κ1) is 13.6. The predicted octanol–water partition coefficient (Wildman–Crippen LogP) is 3.12. The lowest BCUT2D eigenvalue weighted by Gasteiger charge is -2.27. The molecule has 6 heteroatoms. The average Bonchev–Trinajstić information content (AvgIpc) is 2.40. The highest BCUT2D eigenvalue weighted by Gasteiger charge is 2.25. The molecule has 0 aliphatic heterocycles. The van der Waals surface area contributed by atoms with Crippen molar-refractivity contribution in [3.63, 3.8) is 0 Å². The van der Waals surface area contributed by atoms with E-state index in [-0.39, 0.29) is 0 Å². The molecule has 19 heavy (non-hydrogen) atoms. The number of rotatable bonds is 5. The van der Waals surface area contributed by atoms with Gasteiger partial charge in [0.05, 0.1) is 0 Å². The van der Waals surface area contributed by atoms with Crippen molar-refractivity contribution >= 4 is 19.0 Å². The molecule has 0 fully saturated rings. The average molecular weight is 276 g/mol. The van der Waals surface area contributed by atoms with E-state index in [4.69, 9.17) is 5.84 Å². The van der Waals surface area contributed by atoms with Crippen molar-refractivity contribution in [3.05, 3.63) is 60.7 Å². The maximum Gasteiger partial charge on any atom is 0.343 e. The topological polar surface area (TPSA) is 70.4 Å². The monoisotopic (exact) mass is 276 g/mol. The third-order valence-corrected chi connectivity index (χ3v) is 4.56. The molecule has 4 N–H and O–H groups in total. The van der Waals surface area contributed by atoms with Crippen molar-refractivity contribution in [2.75, 3.05) is 17.2 Å². The summed E-state index contributed by atoms with van der Waals surface area (Å²) in [7, 11) is -1.56. The van der Waals surface area contributed by atoms with Gasteiger partial charge in [0, 0.05) is 18.4 Å². The van der Waals surface area contributed by atoms with Gasteiger partial charge < -0.3 is 10.2 Å². The lowest BCUT2D eigenvalue weighted by molar-refractivity contribution is 0.492. The summed E-state index contributed by atoms with van der Waals surface area (Å²) in [6, 6.07) is 18.6. The lowest BCUT2D eigenvalue weighted by Crippen LogP contribution is -2.29. The van der Waals surface area contributed by atoms with E-state index in [1.165, 1.54) is 4.78 Å². The van der Waals surface area contributed by atoms with E-state index in [0.717, 1.165) is 11.4 Å². The van der Waals surface area contributed by atoms with Crippen LogP contribution in [-0.4, -0.2) is 11.8 Å². The Balaban J connectivity index is 2.21. The number of para-hydroxylation sites is 2. The maximum absolute atomic E-state index is 12.8. The highest BCUT2D eigenvalue weighted by atomic mass is 31.2. The molecular weight excluding hydrogens is 259 g/mol. The summed E-state index contributed by atoms with van der Waals surface area (Å²) in [5, 5.41) is 5.90. The second kappa shape index (κ2) is 5.89. The molecule has 5 nitrogen and oxygen atoms in total. The largest absolute Gasteiger partial charge is 0.343 e. The molecule has 0 aliphatic carbocycles. The Morgan fingerprint density at radius 3 is 1.58 bits per heavy atom. The van der Waals surface area contributed by atoms with Crippen molar-refractivity contribution in [3.8, 4) is 0 Å². The molecule has 0 saturated carbocycles. The van der Waals surface area contributed by atoms with Crippen LogP contribution >= 0.6 is 7.59 Å². The molecule has 0 saturated heterocycles. The first-order chi connectivity index (χ1) is 9.10. The molecule has 0 unspecified atom stereocenters. The highest BCUT2D eigenvalue weighted by molar-refractivity contribution is 7.64. The molecule has 2 aromatic rings. The standard InChI is InChI=1S/C13H17N4OP/c1-17(14)19(18,15-12-8-4-2-5-9-12)16-13-10-6-3-7-11-13/h2-11H,14H2,1H3,(H2,15,16,18). The van der Waals surface area contributed by atoms with E-state index in [1.807, 2.05) is 60.7 Å². The van der Waals surface area contributed by atoms with Crippen LogP contribution in [0.2, 0.25) is 0 Å². The molecule has 100 valence electrons. The van der Waals surface area contributed by atoms with Crippen LogP contribution in [0.3, 0.4) is 0 Å². The summed E-state index contributed by atoms with van der Waals surface area (Å²) >= 11 is 0. The van der Waals surface area contributed by atoms with Gasteiger partial charge in [-0.05, 0) is 24.3 Å². The summed E-state index contributed by atoms with van der Waals surface area (Å²) in [6.45, 7) is 0. The van der Waals surface area contributed by atoms with E-state index in [9.17, 15) is 4.57 Å². The summed E-state index contributed by atoms with van der Waals surface area (Å²) in [6.07, 6.45) is 0. The fraction of sp³-hybridized carbons (Fsp3) is 0.0769. The number of hydrazine groups is 1. The Morgan fingerprint density at radius 2 is 1.26 bits per heavy atom. The van der Waals surface area contributed by atoms with Crippen LogP contribution in [0.25, 0.3) is 0 Å². The molecule has 0 aromatic heterocycles. The van der Waals surface area contributed by atoms with Gasteiger partial charge in [-0.15, -0.1) is 0 Å². The van der Waals surface area contributed by atoms with E-state index >= 15 is 0 Å². The molecular formula is C13H17N4OP. The molecule has 0 spiro atoms. The Hall–Kier alpha value is -1.81. The second-order valence-corrected chi connectivity index (χ2v) is 6.34. The van der Waals surface area contributed by atoms with E-state index in [2.05, 4.69) is 10.2 Å². The molecule has 0 heterocycles. The van der Waals surface area contributed by atoms with Gasteiger partial charge in [-0.3, -0.25) is 10.4 Å². The van der Waals surface area contributed by atoms with Crippen molar-refractivity contribution in [1.82, 2.24) is 4.78 Å². The zero-order valence-corrected chi connectivity index (χ0v) is 11.5. The van der Waals surface area contributed by atoms with Crippen LogP contribution < -0.4 is 16.0 Å². The third-order valence-electron chi connectivity index (χ3n) is 2.55. The van der Waals surface area contributed by atoms with E-state index in [1.54, 1.807) is 7.05 Å². The fourth-order valence-electron chi connectivity index (χ4n) is 1.56. The Labute approximate surface area is 112 Å². The summed E-state index contributed by atoms with van der Waals surface area (Å²) in [5.41, 5.74) is 1.48. The van der Waals surface area contributed by atoms with Crippen LogP contribution in [0.4, 0.5) is 11.4 Å². The minimum Gasteiger partial charge on any atom is -0.307 e. The molecule has 2 aromatic carbocycles. The van der Waals surface area contributed by atoms with Gasteiger partial charge in [-0.25, -0.2) is 0 Å². The molecule has 0 atom stereocenters. The Kier molecular flexibility index (Phi) is 4.22. The van der Waals surface area contributed by atoms with E-state index < -0.39 is 7.59 Å². The number of nitrogens with two attached hydrogens (primary N) is 1. The van der Waals surface area contributed by atoms with Crippen LogP contribution in [0, 0.1) is 0 Å². The van der Waals surface area contributed by atoms with Gasteiger partial charge in [-0.1, -0.05) is 36.4 Å². The van der Waals surface area contributed by atoms with Crippen molar-refractivity contribution in [2.45, 2.75) is 0 Å². The van der Waals surface area contributed by atoms with Gasteiger partial charge in [0.2, 0.25) is 0 Å². The first-order valence-electron chi connectivity index (χ1n) is 5.86. The predicted molar refractivity (Wildman–Crippen MR) is 79.7 cm³/mol. The number of nitrogens with one attached hydrogen (secondary N) is 2. The lowest BCUT2D eigenvalue weighted by atomic mass is 10.3. The molecule has 0 aliphatic rings. The normalized spacial score (nSPS) is 11.3. The quantitative estimate of drug-likeness (QED) is 0.444. The van der Waals surface area contributed by atoms with Crippen molar-refractivity contribution < 1.29 is 4.57 Å². The van der Waals surface area contributed by atoms with Gasteiger partial charge >= 0.3 is 7.59 Å². The van der Waals surface area contributed by atoms with E-state index in [0.29, 0.717) is 0 Å². The number of nitrogens with zero attached hydrogens (tertiary/aromatic N) is 1. The first-order valence-corrected chi connectivity index (χ1v) is 7.52. The van der Waals surface area contributed by atoms with Gasteiger partial charge in [0.15, 0.2) is 0 Å². The van der Waals surface area contributed by atoms with Crippen LogP contribution in [0.5, 0.6) is 0 Å². The summed E-state index contributed by atoms with van der Waals surface area (Å²) in [5.74, 6) is 5.71. The SMILES string of the molecule is CN(N)P(=O)(Nc1ccccc1)Nc1ccccc1. The zero-order valence-electron chi connectivity index (χ0n) is 10.7. The van der Waals surface area contributed by atoms with Crippen molar-refractivity contribution in [1.29, 1.82) is 0 Å². The van der Waals surface area contributed by atoms with Crippen LogP contribution in [0.15, 0.2) is 60.7 Å². The number of anilines is 2. The smallest absolute Gasteiger partial charge is 0.307 e. The highest BCUT2D eigenvalue weighted by Crippen LogP contribution is 2.45. The minimum atomic E-state index is -3.12. The molecule has 0 bridgehead atoms. The number of hydrogen-bond donors (Lipinski definition) is 3. The van der Waals surface area contributed by atoms with Gasteiger partial charge in [-0.2, -0.15) is 4.78 Å².